The first kappa shape index (κ1) is 43.8. The Morgan fingerprint density at radius 3 is 1.35 bits per heavy atom. The van der Waals surface area contributed by atoms with Gasteiger partial charge in [-0.25, -0.2) is 0 Å². The third-order valence-electron chi connectivity index (χ3n) is 16.4. The number of hydrogen-bond donors (Lipinski definition) is 0. The molecule has 0 aliphatic heterocycles. The Labute approximate surface area is 434 Å². The number of para-hydroxylation sites is 1. The summed E-state index contributed by atoms with van der Waals surface area (Å²) >= 11 is 0. The van der Waals surface area contributed by atoms with Crippen molar-refractivity contribution in [3.05, 3.63) is 277 Å². The molecular formula is C72H54N2. The molecule has 2 heteroatoms. The lowest BCUT2D eigenvalue weighted by Crippen LogP contribution is -2.17. The molecule has 0 amide bonds. The number of aromatic nitrogens is 1. The Kier molecular flexibility index (Phi) is 9.94. The van der Waals surface area contributed by atoms with Gasteiger partial charge in [-0.15, -0.1) is 0 Å². The first-order valence-electron chi connectivity index (χ1n) is 26.0. The molecule has 0 spiro atoms. The van der Waals surface area contributed by atoms with E-state index < -0.39 is 0 Å². The molecule has 2 aliphatic rings. The Morgan fingerprint density at radius 1 is 0.284 bits per heavy atom. The number of hydrogen-bond acceptors (Lipinski definition) is 1. The highest BCUT2D eigenvalue weighted by molar-refractivity contribution is 6.10. The average molecular weight is 947 g/mol. The second-order valence-electron chi connectivity index (χ2n) is 21.3. The molecule has 0 saturated carbocycles. The van der Waals surface area contributed by atoms with E-state index in [-0.39, 0.29) is 10.8 Å². The topological polar surface area (TPSA) is 8.17 Å². The van der Waals surface area contributed by atoms with Crippen LogP contribution in [0.4, 0.5) is 17.1 Å². The van der Waals surface area contributed by atoms with Gasteiger partial charge in [0.15, 0.2) is 0 Å². The van der Waals surface area contributed by atoms with E-state index >= 15 is 0 Å². The molecule has 0 radical (unpaired) electrons. The van der Waals surface area contributed by atoms with Crippen molar-refractivity contribution in [3.8, 4) is 72.4 Å². The normalized spacial score (nSPS) is 13.6. The molecule has 14 rings (SSSR count). The highest BCUT2D eigenvalue weighted by Crippen LogP contribution is 2.58. The molecule has 0 atom stereocenters. The van der Waals surface area contributed by atoms with Gasteiger partial charge in [0.25, 0.3) is 0 Å². The SMILES string of the molecule is CC1(C)c2cc(-n3c4ccccc4c4ccc(-c5ccc(N(c6ccc(-c7ccccc7)cc6)c6ccc(-c7ccccc7)cc6)cc5)cc43)ccc2-c2cc3c(cc21)-c1c(-c2ccccc2)cccc1C3(C)C. The summed E-state index contributed by atoms with van der Waals surface area (Å²) < 4.78 is 2.49. The molecule has 0 bridgehead atoms. The average Bonchev–Trinajstić information content (AvgIpc) is 4.01. The Balaban J connectivity index is 0.840. The van der Waals surface area contributed by atoms with Gasteiger partial charge in [0, 0.05) is 44.4 Å². The fraction of sp³-hybridized carbons (Fsp3) is 0.0833. The predicted octanol–water partition coefficient (Wildman–Crippen LogP) is 19.5. The van der Waals surface area contributed by atoms with E-state index in [1.165, 1.54) is 117 Å². The van der Waals surface area contributed by atoms with Crippen LogP contribution in [-0.2, 0) is 10.8 Å². The van der Waals surface area contributed by atoms with Gasteiger partial charge >= 0.3 is 0 Å². The van der Waals surface area contributed by atoms with Gasteiger partial charge in [-0.3, -0.25) is 0 Å². The molecule has 0 saturated heterocycles. The van der Waals surface area contributed by atoms with Crippen LogP contribution in [0.2, 0.25) is 0 Å². The van der Waals surface area contributed by atoms with Crippen LogP contribution in [0.1, 0.15) is 49.9 Å². The Hall–Kier alpha value is -8.98. The number of nitrogens with zero attached hydrogens (tertiary/aromatic N) is 2. The van der Waals surface area contributed by atoms with Crippen LogP contribution >= 0.6 is 0 Å². The molecule has 1 aromatic heterocycles. The van der Waals surface area contributed by atoms with Crippen LogP contribution in [0.5, 0.6) is 0 Å². The number of rotatable bonds is 8. The van der Waals surface area contributed by atoms with Gasteiger partial charge in [0.05, 0.1) is 11.0 Å². The van der Waals surface area contributed by atoms with E-state index in [0.717, 1.165) is 17.1 Å². The van der Waals surface area contributed by atoms with Crippen molar-refractivity contribution in [2.45, 2.75) is 38.5 Å². The van der Waals surface area contributed by atoms with Gasteiger partial charge in [-0.2, -0.15) is 0 Å². The largest absolute Gasteiger partial charge is 0.311 e. The second kappa shape index (κ2) is 16.8. The first-order chi connectivity index (χ1) is 36.2. The van der Waals surface area contributed by atoms with E-state index in [1.807, 2.05) is 0 Å². The first-order valence-corrected chi connectivity index (χ1v) is 26.0. The zero-order chi connectivity index (χ0) is 49.7. The van der Waals surface area contributed by atoms with Crippen molar-refractivity contribution in [2.75, 3.05) is 4.90 Å². The fourth-order valence-corrected chi connectivity index (χ4v) is 12.5. The van der Waals surface area contributed by atoms with Gasteiger partial charge in [0.1, 0.15) is 0 Å². The number of benzene rings is 11. The Bertz CT molecular complexity index is 4040. The van der Waals surface area contributed by atoms with Gasteiger partial charge in [-0.1, -0.05) is 210 Å². The van der Waals surface area contributed by atoms with Crippen LogP contribution in [0.3, 0.4) is 0 Å². The van der Waals surface area contributed by atoms with Crippen molar-refractivity contribution < 1.29 is 0 Å². The molecule has 0 fully saturated rings. The lowest BCUT2D eigenvalue weighted by molar-refractivity contribution is 0.652. The molecular weight excluding hydrogens is 893 g/mol. The molecule has 2 aliphatic carbocycles. The molecule has 12 aromatic rings. The lowest BCUT2D eigenvalue weighted by atomic mass is 9.79. The van der Waals surface area contributed by atoms with Crippen LogP contribution in [-0.4, -0.2) is 4.57 Å². The Morgan fingerprint density at radius 2 is 0.743 bits per heavy atom. The summed E-state index contributed by atoms with van der Waals surface area (Å²) in [6.07, 6.45) is 0. The standard InChI is InChI=1S/C72H54N2/c1-71(2)64-25-16-24-58(52-21-12-7-13-22-52)70(64)63-46-66-62(45-67(63)71)59-42-40-57(44-65(59)72(66,3)4)74-68-26-15-14-23-60(68)61-41-33-53(43-69(61)74)51-31-38-56(39-32-51)73(54-34-27-49(28-35-54)47-17-8-5-9-18-47)55-36-29-50(30-37-55)48-19-10-6-11-20-48/h5-46H,1-4H3. The predicted molar refractivity (Wildman–Crippen MR) is 312 cm³/mol. The third kappa shape index (κ3) is 6.86. The zero-order valence-electron chi connectivity index (χ0n) is 42.1. The summed E-state index contributed by atoms with van der Waals surface area (Å²) in [5, 5.41) is 2.51. The summed E-state index contributed by atoms with van der Waals surface area (Å²) in [5.41, 5.74) is 27.3. The monoisotopic (exact) mass is 946 g/mol. The van der Waals surface area contributed by atoms with Crippen LogP contribution in [0.25, 0.3) is 94.3 Å². The molecule has 2 nitrogen and oxygen atoms in total. The molecule has 74 heavy (non-hydrogen) atoms. The summed E-state index contributed by atoms with van der Waals surface area (Å²) in [4.78, 5) is 2.36. The highest BCUT2D eigenvalue weighted by atomic mass is 15.1. The maximum atomic E-state index is 2.55. The van der Waals surface area contributed by atoms with Crippen LogP contribution in [0, 0.1) is 0 Å². The molecule has 352 valence electrons. The number of anilines is 3. The van der Waals surface area contributed by atoms with Crippen LogP contribution in [0.15, 0.2) is 255 Å². The highest BCUT2D eigenvalue weighted by Gasteiger charge is 2.42. The maximum absolute atomic E-state index is 2.55. The van der Waals surface area contributed by atoms with Crippen molar-refractivity contribution >= 4 is 38.9 Å². The van der Waals surface area contributed by atoms with Crippen molar-refractivity contribution in [1.82, 2.24) is 4.57 Å². The molecule has 0 N–H and O–H groups in total. The fourth-order valence-electron chi connectivity index (χ4n) is 12.5. The summed E-state index contributed by atoms with van der Waals surface area (Å²) in [6, 6.07) is 94.2. The minimum absolute atomic E-state index is 0.123. The van der Waals surface area contributed by atoms with E-state index in [0.29, 0.717) is 0 Å². The zero-order valence-corrected chi connectivity index (χ0v) is 42.1. The van der Waals surface area contributed by atoms with E-state index in [1.54, 1.807) is 0 Å². The minimum atomic E-state index is -0.211. The van der Waals surface area contributed by atoms with E-state index in [9.17, 15) is 0 Å². The molecule has 11 aromatic carbocycles. The molecule has 1 heterocycles. The van der Waals surface area contributed by atoms with Gasteiger partial charge in [0.2, 0.25) is 0 Å². The van der Waals surface area contributed by atoms with Crippen molar-refractivity contribution in [3.63, 3.8) is 0 Å². The van der Waals surface area contributed by atoms with Crippen molar-refractivity contribution in [1.29, 1.82) is 0 Å². The number of fused-ring (bicyclic) bond motifs is 9. The van der Waals surface area contributed by atoms with Gasteiger partial charge in [-0.05, 0) is 162 Å². The van der Waals surface area contributed by atoms with E-state index in [2.05, 4.69) is 292 Å². The minimum Gasteiger partial charge on any atom is -0.311 e. The summed E-state index contributed by atoms with van der Waals surface area (Å²) in [5.74, 6) is 0. The lowest BCUT2D eigenvalue weighted by Gasteiger charge is -2.26. The summed E-state index contributed by atoms with van der Waals surface area (Å²) in [7, 11) is 0. The van der Waals surface area contributed by atoms with E-state index in [4.69, 9.17) is 0 Å². The quantitative estimate of drug-likeness (QED) is 0.147. The molecule has 0 unspecified atom stereocenters. The van der Waals surface area contributed by atoms with Crippen LogP contribution < -0.4 is 4.90 Å². The second-order valence-corrected chi connectivity index (χ2v) is 21.3. The third-order valence-corrected chi connectivity index (χ3v) is 16.4. The van der Waals surface area contributed by atoms with Gasteiger partial charge < -0.3 is 9.47 Å². The van der Waals surface area contributed by atoms with Crippen molar-refractivity contribution in [2.24, 2.45) is 0 Å². The summed E-state index contributed by atoms with van der Waals surface area (Å²) in [6.45, 7) is 9.65. The smallest absolute Gasteiger partial charge is 0.0547 e. The maximum Gasteiger partial charge on any atom is 0.0547 e.